The van der Waals surface area contributed by atoms with Crippen LogP contribution >= 0.6 is 0 Å². The highest BCUT2D eigenvalue weighted by Gasteiger charge is 1.96. The molecule has 0 aromatic carbocycles. The molecule has 0 heterocycles. The predicted octanol–water partition coefficient (Wildman–Crippen LogP) is 10.9. The van der Waals surface area contributed by atoms with Gasteiger partial charge in [-0.05, 0) is 13.0 Å². The Morgan fingerprint density at radius 3 is 0.581 bits per heavy atom. The van der Waals surface area contributed by atoms with Crippen LogP contribution in [-0.4, -0.2) is 6.54 Å². The number of hydrogen-bond donors (Lipinski definition) is 1. The largest absolute Gasteiger partial charge is 0.330 e. The van der Waals surface area contributed by atoms with Gasteiger partial charge in [-0.3, -0.25) is 0 Å². The van der Waals surface area contributed by atoms with E-state index in [1.165, 1.54) is 180 Å². The van der Waals surface area contributed by atoms with E-state index in [2.05, 4.69) is 6.92 Å². The second-order valence-electron chi connectivity index (χ2n) is 10.3. The monoisotopic (exact) mass is 437 g/mol. The Morgan fingerprint density at radius 1 is 0.258 bits per heavy atom. The van der Waals surface area contributed by atoms with E-state index in [9.17, 15) is 0 Å². The van der Waals surface area contributed by atoms with E-state index in [1.807, 2.05) is 0 Å². The molecule has 0 aliphatic heterocycles. The minimum absolute atomic E-state index is 0.874. The van der Waals surface area contributed by atoms with Gasteiger partial charge in [0.05, 0.1) is 0 Å². The van der Waals surface area contributed by atoms with Crippen LogP contribution in [0.5, 0.6) is 0 Å². The van der Waals surface area contributed by atoms with Crippen molar-refractivity contribution in [3.63, 3.8) is 0 Å². The fourth-order valence-corrected chi connectivity index (χ4v) is 4.81. The molecular formula is C30H63N. The van der Waals surface area contributed by atoms with E-state index in [0.29, 0.717) is 0 Å². The second kappa shape index (κ2) is 30.0. The highest BCUT2D eigenvalue weighted by Crippen LogP contribution is 2.16. The van der Waals surface area contributed by atoms with E-state index in [-0.39, 0.29) is 0 Å². The summed E-state index contributed by atoms with van der Waals surface area (Å²) in [6.07, 6.45) is 40.8. The zero-order valence-electron chi connectivity index (χ0n) is 22.1. The van der Waals surface area contributed by atoms with E-state index in [1.54, 1.807) is 0 Å². The lowest BCUT2D eigenvalue weighted by atomic mass is 10.0. The molecule has 0 unspecified atom stereocenters. The van der Waals surface area contributed by atoms with Gasteiger partial charge in [-0.2, -0.15) is 0 Å². The molecule has 188 valence electrons. The maximum atomic E-state index is 5.53. The van der Waals surface area contributed by atoms with Crippen LogP contribution in [0.15, 0.2) is 0 Å². The van der Waals surface area contributed by atoms with Gasteiger partial charge in [0.2, 0.25) is 0 Å². The fourth-order valence-electron chi connectivity index (χ4n) is 4.81. The molecular weight excluding hydrogens is 374 g/mol. The standard InChI is InChI=1S/C30H63N/c1-2-3-4-5-6-7-8-9-10-11-12-13-14-15-16-17-18-19-20-21-22-23-24-25-26-27-28-29-30-31/h2-31H2,1H3. The lowest BCUT2D eigenvalue weighted by molar-refractivity contribution is 0.514. The maximum absolute atomic E-state index is 5.53. The van der Waals surface area contributed by atoms with Gasteiger partial charge in [0.15, 0.2) is 0 Å². The average Bonchev–Trinajstić information content (AvgIpc) is 2.78. The summed E-state index contributed by atoms with van der Waals surface area (Å²) < 4.78 is 0. The first-order chi connectivity index (χ1) is 15.4. The van der Waals surface area contributed by atoms with Gasteiger partial charge in [0, 0.05) is 0 Å². The molecule has 0 fully saturated rings. The Bertz CT molecular complexity index is 260. The van der Waals surface area contributed by atoms with Gasteiger partial charge in [-0.25, -0.2) is 0 Å². The van der Waals surface area contributed by atoms with Crippen molar-refractivity contribution in [2.45, 2.75) is 187 Å². The van der Waals surface area contributed by atoms with Crippen LogP contribution in [0.1, 0.15) is 187 Å². The summed E-state index contributed by atoms with van der Waals surface area (Å²) in [6.45, 7) is 3.18. The number of unbranched alkanes of at least 4 members (excludes halogenated alkanes) is 27. The summed E-state index contributed by atoms with van der Waals surface area (Å²) in [5.74, 6) is 0. The molecule has 0 rings (SSSR count). The van der Waals surface area contributed by atoms with Gasteiger partial charge in [0.1, 0.15) is 0 Å². The van der Waals surface area contributed by atoms with Crippen molar-refractivity contribution in [2.75, 3.05) is 6.54 Å². The molecule has 0 radical (unpaired) electrons. The lowest BCUT2D eigenvalue weighted by Gasteiger charge is -2.04. The SMILES string of the molecule is CCCCCCCCCCCCCCCCCCCCCCCCCCCCCCN. The number of nitrogens with two attached hydrogens (primary N) is 1. The fraction of sp³-hybridized carbons (Fsp3) is 1.00. The van der Waals surface area contributed by atoms with Crippen molar-refractivity contribution < 1.29 is 0 Å². The van der Waals surface area contributed by atoms with Gasteiger partial charge in [0.25, 0.3) is 0 Å². The van der Waals surface area contributed by atoms with Crippen molar-refractivity contribution in [1.29, 1.82) is 0 Å². The average molecular weight is 438 g/mol. The molecule has 0 aromatic rings. The Kier molecular flexibility index (Phi) is 29.9. The van der Waals surface area contributed by atoms with Crippen LogP contribution < -0.4 is 5.73 Å². The van der Waals surface area contributed by atoms with E-state index >= 15 is 0 Å². The lowest BCUT2D eigenvalue weighted by Crippen LogP contribution is -1.97. The molecule has 0 saturated heterocycles. The van der Waals surface area contributed by atoms with Gasteiger partial charge in [-0.15, -0.1) is 0 Å². The molecule has 0 spiro atoms. The zero-order chi connectivity index (χ0) is 22.5. The summed E-state index contributed by atoms with van der Waals surface area (Å²) in [5, 5.41) is 0. The summed E-state index contributed by atoms with van der Waals surface area (Å²) in [6, 6.07) is 0. The van der Waals surface area contributed by atoms with Gasteiger partial charge < -0.3 is 5.73 Å². The van der Waals surface area contributed by atoms with Crippen molar-refractivity contribution in [3.8, 4) is 0 Å². The predicted molar refractivity (Wildman–Crippen MR) is 144 cm³/mol. The molecule has 0 amide bonds. The minimum Gasteiger partial charge on any atom is -0.330 e. The third kappa shape index (κ3) is 30.0. The molecule has 2 N–H and O–H groups in total. The Labute approximate surface area is 199 Å². The molecule has 0 atom stereocenters. The van der Waals surface area contributed by atoms with Crippen LogP contribution in [0.25, 0.3) is 0 Å². The summed E-state index contributed by atoms with van der Waals surface area (Å²) in [7, 11) is 0. The smallest absolute Gasteiger partial charge is 0.00773 e. The van der Waals surface area contributed by atoms with Crippen LogP contribution in [0.3, 0.4) is 0 Å². The first-order valence-corrected chi connectivity index (χ1v) is 15.1. The van der Waals surface area contributed by atoms with Crippen molar-refractivity contribution >= 4 is 0 Å². The summed E-state index contributed by atoms with van der Waals surface area (Å²) >= 11 is 0. The van der Waals surface area contributed by atoms with Gasteiger partial charge >= 0.3 is 0 Å². The van der Waals surface area contributed by atoms with E-state index < -0.39 is 0 Å². The third-order valence-electron chi connectivity index (χ3n) is 7.06. The highest BCUT2D eigenvalue weighted by molar-refractivity contribution is 4.52. The quantitative estimate of drug-likeness (QED) is 0.121. The van der Waals surface area contributed by atoms with Crippen LogP contribution in [0.2, 0.25) is 0 Å². The zero-order valence-corrected chi connectivity index (χ0v) is 22.1. The molecule has 0 aromatic heterocycles. The first kappa shape index (κ1) is 31.0. The molecule has 0 saturated carbocycles. The maximum Gasteiger partial charge on any atom is -0.00773 e. The van der Waals surface area contributed by atoms with Crippen molar-refractivity contribution in [3.05, 3.63) is 0 Å². The summed E-state index contributed by atoms with van der Waals surface area (Å²) in [4.78, 5) is 0. The topological polar surface area (TPSA) is 26.0 Å². The van der Waals surface area contributed by atoms with Crippen LogP contribution in [0.4, 0.5) is 0 Å². The van der Waals surface area contributed by atoms with Gasteiger partial charge in [-0.1, -0.05) is 180 Å². The van der Waals surface area contributed by atoms with Crippen LogP contribution in [-0.2, 0) is 0 Å². The number of rotatable bonds is 28. The van der Waals surface area contributed by atoms with E-state index in [4.69, 9.17) is 5.73 Å². The van der Waals surface area contributed by atoms with E-state index in [0.717, 1.165) is 6.54 Å². The minimum atomic E-state index is 0.874. The highest BCUT2D eigenvalue weighted by atomic mass is 14.5. The molecule has 0 bridgehead atoms. The van der Waals surface area contributed by atoms with Crippen LogP contribution in [0, 0.1) is 0 Å². The molecule has 0 aliphatic rings. The number of hydrogen-bond acceptors (Lipinski definition) is 1. The normalized spacial score (nSPS) is 11.4. The third-order valence-corrected chi connectivity index (χ3v) is 7.06. The molecule has 31 heavy (non-hydrogen) atoms. The summed E-state index contributed by atoms with van der Waals surface area (Å²) in [5.41, 5.74) is 5.53. The Balaban J connectivity index is 2.98. The molecule has 1 nitrogen and oxygen atoms in total. The van der Waals surface area contributed by atoms with Crippen molar-refractivity contribution in [2.24, 2.45) is 5.73 Å². The first-order valence-electron chi connectivity index (χ1n) is 15.1. The Hall–Kier alpha value is -0.0400. The molecule has 1 heteroatoms. The molecule has 0 aliphatic carbocycles. The second-order valence-corrected chi connectivity index (χ2v) is 10.3. The van der Waals surface area contributed by atoms with Crippen molar-refractivity contribution in [1.82, 2.24) is 0 Å². The Morgan fingerprint density at radius 2 is 0.419 bits per heavy atom.